The Bertz CT molecular complexity index is 1020. The number of likely N-dealkylation sites (tertiary alicyclic amines) is 1. The van der Waals surface area contributed by atoms with Gasteiger partial charge >= 0.3 is 0 Å². The van der Waals surface area contributed by atoms with Gasteiger partial charge in [-0.25, -0.2) is 9.37 Å². The van der Waals surface area contributed by atoms with Gasteiger partial charge in [-0.15, -0.1) is 0 Å². The van der Waals surface area contributed by atoms with Crippen molar-refractivity contribution in [1.29, 1.82) is 0 Å². The summed E-state index contributed by atoms with van der Waals surface area (Å²) in [4.78, 5) is 28.1. The molecule has 3 aromatic rings. The monoisotopic (exact) mass is 421 g/mol. The van der Waals surface area contributed by atoms with Crippen molar-refractivity contribution >= 4 is 22.6 Å². The number of piperazine rings is 1. The number of imidazole rings is 1. The van der Waals surface area contributed by atoms with Crippen LogP contribution >= 0.6 is 0 Å². The first-order valence-corrected chi connectivity index (χ1v) is 11.1. The number of nitrogens with one attached hydrogen (secondary N) is 1. The molecule has 5 rings (SSSR count). The minimum absolute atomic E-state index is 0.0165. The maximum absolute atomic E-state index is 13.4. The second-order valence-electron chi connectivity index (χ2n) is 8.50. The van der Waals surface area contributed by atoms with Gasteiger partial charge in [-0.05, 0) is 56.2 Å². The molecule has 2 aromatic carbocycles. The Labute approximate surface area is 181 Å². The van der Waals surface area contributed by atoms with Crippen molar-refractivity contribution in [2.45, 2.75) is 31.8 Å². The predicted molar refractivity (Wildman–Crippen MR) is 119 cm³/mol. The van der Waals surface area contributed by atoms with Gasteiger partial charge in [-0.2, -0.15) is 0 Å². The minimum Gasteiger partial charge on any atom is -0.369 e. The highest BCUT2D eigenvalue weighted by atomic mass is 19.1. The van der Waals surface area contributed by atoms with Crippen LogP contribution in [0.3, 0.4) is 0 Å². The lowest BCUT2D eigenvalue weighted by Gasteiger charge is -2.40. The van der Waals surface area contributed by atoms with Crippen LogP contribution in [-0.4, -0.2) is 64.4 Å². The molecule has 0 radical (unpaired) electrons. The molecule has 162 valence electrons. The highest BCUT2D eigenvalue weighted by molar-refractivity contribution is 5.82. The fraction of sp³-hybridized carbons (Fsp3) is 0.417. The first-order chi connectivity index (χ1) is 15.1. The lowest BCUT2D eigenvalue weighted by molar-refractivity contribution is -0.137. The fourth-order valence-corrected chi connectivity index (χ4v) is 4.86. The summed E-state index contributed by atoms with van der Waals surface area (Å²) in [6.45, 7) is 6.08. The number of carbonyl (C=O) groups is 1. The molecule has 3 heterocycles. The average Bonchev–Trinajstić information content (AvgIpc) is 3.45. The van der Waals surface area contributed by atoms with Crippen LogP contribution in [0.1, 0.15) is 31.6 Å². The van der Waals surface area contributed by atoms with Crippen molar-refractivity contribution in [3.63, 3.8) is 0 Å². The summed E-state index contributed by atoms with van der Waals surface area (Å²) < 4.78 is 13.2. The number of hydrogen-bond donors (Lipinski definition) is 1. The first kappa shape index (κ1) is 20.0. The summed E-state index contributed by atoms with van der Waals surface area (Å²) in [5.74, 6) is 0.852. The van der Waals surface area contributed by atoms with Crippen molar-refractivity contribution in [2.75, 3.05) is 37.6 Å². The molecule has 0 saturated carbocycles. The van der Waals surface area contributed by atoms with E-state index in [0.717, 1.165) is 68.1 Å². The maximum Gasteiger partial charge on any atom is 0.240 e. The van der Waals surface area contributed by atoms with E-state index in [9.17, 15) is 9.18 Å². The van der Waals surface area contributed by atoms with Crippen molar-refractivity contribution < 1.29 is 9.18 Å². The topological polar surface area (TPSA) is 55.5 Å². The Balaban J connectivity index is 1.24. The van der Waals surface area contributed by atoms with E-state index in [2.05, 4.69) is 14.8 Å². The molecule has 31 heavy (non-hydrogen) atoms. The lowest BCUT2D eigenvalue weighted by Crippen LogP contribution is -2.54. The van der Waals surface area contributed by atoms with Crippen molar-refractivity contribution in [2.24, 2.45) is 0 Å². The fourth-order valence-electron chi connectivity index (χ4n) is 4.86. The minimum atomic E-state index is -0.216. The second kappa shape index (κ2) is 8.30. The Hall–Kier alpha value is -2.93. The molecule has 0 bridgehead atoms. The first-order valence-electron chi connectivity index (χ1n) is 11.1. The number of hydrogen-bond acceptors (Lipinski definition) is 4. The second-order valence-corrected chi connectivity index (χ2v) is 8.50. The van der Waals surface area contributed by atoms with E-state index in [4.69, 9.17) is 4.98 Å². The molecule has 1 amide bonds. The van der Waals surface area contributed by atoms with Crippen LogP contribution in [0.25, 0.3) is 11.0 Å². The summed E-state index contributed by atoms with van der Waals surface area (Å²) in [6, 6.07) is 14.5. The molecule has 2 aliphatic heterocycles. The van der Waals surface area contributed by atoms with Crippen LogP contribution in [0.2, 0.25) is 0 Å². The number of fused-ring (bicyclic) bond motifs is 1. The molecule has 1 aromatic heterocycles. The normalized spacial score (nSPS) is 21.0. The largest absolute Gasteiger partial charge is 0.369 e. The third-order valence-corrected chi connectivity index (χ3v) is 6.67. The molecule has 2 fully saturated rings. The number of rotatable bonds is 4. The highest BCUT2D eigenvalue weighted by Gasteiger charge is 2.36. The standard InChI is InChI=1S/C24H28FN5O/c1-17(28-13-15-29(16-14-28)19-10-8-18(25)9-11-19)24(31)30-12-4-7-22(30)23-26-20-5-2-3-6-21(20)27-23/h2-3,5-6,8-11,17,22H,4,7,12-16H2,1H3,(H,26,27). The smallest absolute Gasteiger partial charge is 0.240 e. The molecule has 6 nitrogen and oxygen atoms in total. The number of halogens is 1. The van der Waals surface area contributed by atoms with Gasteiger partial charge in [-0.3, -0.25) is 9.69 Å². The molecule has 2 atom stereocenters. The Morgan fingerprint density at radius 1 is 1.06 bits per heavy atom. The molecule has 2 unspecified atom stereocenters. The molecule has 1 N–H and O–H groups in total. The van der Waals surface area contributed by atoms with Gasteiger partial charge < -0.3 is 14.8 Å². The van der Waals surface area contributed by atoms with Crippen LogP contribution in [-0.2, 0) is 4.79 Å². The number of carbonyl (C=O) groups excluding carboxylic acids is 1. The number of nitrogens with zero attached hydrogens (tertiary/aromatic N) is 4. The molecule has 2 aliphatic rings. The number of amides is 1. The quantitative estimate of drug-likeness (QED) is 0.700. The third-order valence-electron chi connectivity index (χ3n) is 6.67. The highest BCUT2D eigenvalue weighted by Crippen LogP contribution is 2.32. The van der Waals surface area contributed by atoms with Crippen LogP contribution < -0.4 is 4.90 Å². The summed E-state index contributed by atoms with van der Waals surface area (Å²) in [7, 11) is 0. The Morgan fingerprint density at radius 2 is 1.81 bits per heavy atom. The van der Waals surface area contributed by atoms with Gasteiger partial charge in [0.2, 0.25) is 5.91 Å². The van der Waals surface area contributed by atoms with Crippen molar-refractivity contribution in [3.8, 4) is 0 Å². The number of aromatic nitrogens is 2. The van der Waals surface area contributed by atoms with Gasteiger partial charge in [0.1, 0.15) is 11.6 Å². The summed E-state index contributed by atoms with van der Waals surface area (Å²) in [5.41, 5.74) is 2.99. The zero-order valence-electron chi connectivity index (χ0n) is 17.8. The zero-order chi connectivity index (χ0) is 21.4. The molecular weight excluding hydrogens is 393 g/mol. The van der Waals surface area contributed by atoms with E-state index in [1.807, 2.05) is 48.2 Å². The van der Waals surface area contributed by atoms with Crippen LogP contribution in [0.4, 0.5) is 10.1 Å². The number of H-pyrrole nitrogens is 1. The number of anilines is 1. The van der Waals surface area contributed by atoms with Gasteiger partial charge in [0.15, 0.2) is 0 Å². The van der Waals surface area contributed by atoms with Gasteiger partial charge in [0.05, 0.1) is 23.1 Å². The number of aromatic amines is 1. The van der Waals surface area contributed by atoms with E-state index >= 15 is 0 Å². The Morgan fingerprint density at radius 3 is 2.55 bits per heavy atom. The average molecular weight is 422 g/mol. The number of benzene rings is 2. The van der Waals surface area contributed by atoms with Gasteiger partial charge in [0.25, 0.3) is 0 Å². The van der Waals surface area contributed by atoms with E-state index in [-0.39, 0.29) is 23.8 Å². The maximum atomic E-state index is 13.4. The molecule has 7 heteroatoms. The van der Waals surface area contributed by atoms with E-state index in [1.54, 1.807) is 0 Å². The summed E-state index contributed by atoms with van der Waals surface area (Å²) >= 11 is 0. The summed E-state index contributed by atoms with van der Waals surface area (Å²) in [5, 5.41) is 0. The molecule has 2 saturated heterocycles. The van der Waals surface area contributed by atoms with Gasteiger partial charge in [0, 0.05) is 38.4 Å². The molecule has 0 aliphatic carbocycles. The van der Waals surface area contributed by atoms with E-state index in [1.165, 1.54) is 12.1 Å². The SMILES string of the molecule is CC(C(=O)N1CCCC1c1nc2ccccc2[nH]1)N1CCN(c2ccc(F)cc2)CC1. The van der Waals surface area contributed by atoms with Gasteiger partial charge in [-0.1, -0.05) is 12.1 Å². The summed E-state index contributed by atoms with van der Waals surface area (Å²) in [6.07, 6.45) is 1.94. The Kier molecular flexibility index (Phi) is 5.36. The number of para-hydroxylation sites is 2. The van der Waals surface area contributed by atoms with Crippen LogP contribution in [0, 0.1) is 5.82 Å². The van der Waals surface area contributed by atoms with Crippen LogP contribution in [0.15, 0.2) is 48.5 Å². The lowest BCUT2D eigenvalue weighted by atomic mass is 10.1. The third kappa shape index (κ3) is 3.90. The zero-order valence-corrected chi connectivity index (χ0v) is 17.8. The van der Waals surface area contributed by atoms with Crippen molar-refractivity contribution in [1.82, 2.24) is 19.8 Å². The van der Waals surface area contributed by atoms with E-state index < -0.39 is 0 Å². The molecule has 0 spiro atoms. The predicted octanol–water partition coefficient (Wildman–Crippen LogP) is 3.58. The van der Waals surface area contributed by atoms with Crippen LogP contribution in [0.5, 0.6) is 0 Å². The van der Waals surface area contributed by atoms with Crippen molar-refractivity contribution in [3.05, 3.63) is 60.2 Å². The van der Waals surface area contributed by atoms with E-state index in [0.29, 0.717) is 0 Å². The molecular formula is C24H28FN5O.